The number of carbonyl (C=O) groups is 1. The Bertz CT molecular complexity index is 181. The van der Waals surface area contributed by atoms with E-state index in [1.54, 1.807) is 13.8 Å². The summed E-state index contributed by atoms with van der Waals surface area (Å²) in [4.78, 5) is 11.3. The Morgan fingerprint density at radius 3 is 2.29 bits per heavy atom. The Balaban J connectivity index is 4.06. The first kappa shape index (κ1) is 13.4. The smallest absolute Gasteiger partial charge is 0.308 e. The molecule has 0 saturated heterocycles. The van der Waals surface area contributed by atoms with E-state index in [2.05, 4.69) is 0 Å². The molecule has 0 aromatic rings. The molecule has 0 saturated carbocycles. The molecule has 14 heavy (non-hydrogen) atoms. The third kappa shape index (κ3) is 4.61. The number of rotatable bonds is 4. The van der Waals surface area contributed by atoms with E-state index in [1.165, 1.54) is 0 Å². The fourth-order valence-corrected chi connectivity index (χ4v) is 1.07. The van der Waals surface area contributed by atoms with Gasteiger partial charge in [0.15, 0.2) is 0 Å². The average Bonchev–Trinajstić information content (AvgIpc) is 2.02. The van der Waals surface area contributed by atoms with E-state index in [0.717, 1.165) is 0 Å². The molecule has 3 nitrogen and oxygen atoms in total. The quantitative estimate of drug-likeness (QED) is 0.709. The van der Waals surface area contributed by atoms with Gasteiger partial charge in [-0.25, -0.2) is 0 Å². The summed E-state index contributed by atoms with van der Waals surface area (Å²) in [5.41, 5.74) is -0.180. The zero-order chi connectivity index (χ0) is 11.4. The van der Waals surface area contributed by atoms with Crippen molar-refractivity contribution in [2.24, 2.45) is 11.3 Å². The van der Waals surface area contributed by atoms with E-state index in [4.69, 9.17) is 4.74 Å². The summed E-state index contributed by atoms with van der Waals surface area (Å²) in [6.45, 7) is 9.83. The van der Waals surface area contributed by atoms with Gasteiger partial charge in [0.25, 0.3) is 0 Å². The Kier molecular flexibility index (Phi) is 5.13. The average molecular weight is 202 g/mol. The van der Waals surface area contributed by atoms with Crippen LogP contribution in [-0.2, 0) is 9.53 Å². The summed E-state index contributed by atoms with van der Waals surface area (Å²) in [7, 11) is 0. The first-order valence-corrected chi connectivity index (χ1v) is 5.13. The largest absolute Gasteiger partial charge is 0.466 e. The first-order chi connectivity index (χ1) is 6.29. The molecule has 2 atom stereocenters. The molecular formula is C11H22O3. The summed E-state index contributed by atoms with van der Waals surface area (Å²) in [6.07, 6.45) is -0.00981. The molecular weight excluding hydrogens is 180 g/mol. The topological polar surface area (TPSA) is 46.5 Å². The molecule has 0 aromatic carbocycles. The van der Waals surface area contributed by atoms with Crippen LogP contribution in [0.4, 0.5) is 0 Å². The van der Waals surface area contributed by atoms with Gasteiger partial charge in [0, 0.05) is 0 Å². The van der Waals surface area contributed by atoms with Gasteiger partial charge in [-0.2, -0.15) is 0 Å². The van der Waals surface area contributed by atoms with Gasteiger partial charge in [0.1, 0.15) is 0 Å². The monoisotopic (exact) mass is 202 g/mol. The Labute approximate surface area is 86.5 Å². The normalized spacial score (nSPS) is 16.1. The van der Waals surface area contributed by atoms with Gasteiger partial charge in [0.05, 0.1) is 18.6 Å². The number of ether oxygens (including phenoxy) is 1. The molecule has 0 radical (unpaired) electrons. The van der Waals surface area contributed by atoms with Crippen LogP contribution in [0, 0.1) is 11.3 Å². The van der Waals surface area contributed by atoms with Crippen molar-refractivity contribution in [3.05, 3.63) is 0 Å². The van der Waals surface area contributed by atoms with Crippen LogP contribution >= 0.6 is 0 Å². The first-order valence-electron chi connectivity index (χ1n) is 5.13. The van der Waals surface area contributed by atoms with Gasteiger partial charge in [-0.3, -0.25) is 4.79 Å². The van der Waals surface area contributed by atoms with Crippen molar-refractivity contribution in [2.75, 3.05) is 6.61 Å². The lowest BCUT2D eigenvalue weighted by atomic mass is 9.84. The maximum atomic E-state index is 11.3. The number of hydrogen-bond acceptors (Lipinski definition) is 3. The zero-order valence-corrected chi connectivity index (χ0v) is 9.83. The number of carbonyl (C=O) groups excluding carboxylic acids is 1. The van der Waals surface area contributed by atoms with Crippen LogP contribution in [0.5, 0.6) is 0 Å². The second kappa shape index (κ2) is 5.35. The van der Waals surface area contributed by atoms with Crippen molar-refractivity contribution in [3.63, 3.8) is 0 Å². The van der Waals surface area contributed by atoms with Crippen LogP contribution in [-0.4, -0.2) is 23.8 Å². The molecule has 0 aliphatic carbocycles. The lowest BCUT2D eigenvalue weighted by molar-refractivity contribution is -0.149. The second-order valence-electron chi connectivity index (χ2n) is 4.77. The van der Waals surface area contributed by atoms with Crippen LogP contribution in [0.15, 0.2) is 0 Å². The van der Waals surface area contributed by atoms with Crippen LogP contribution in [0.1, 0.15) is 41.0 Å². The van der Waals surface area contributed by atoms with Gasteiger partial charge in [-0.15, -0.1) is 0 Å². The van der Waals surface area contributed by atoms with Crippen LogP contribution in [0.25, 0.3) is 0 Å². The number of aliphatic hydroxyl groups excluding tert-OH is 1. The van der Waals surface area contributed by atoms with Crippen molar-refractivity contribution >= 4 is 5.97 Å². The molecule has 0 fully saturated rings. The molecule has 0 bridgehead atoms. The maximum Gasteiger partial charge on any atom is 0.308 e. The molecule has 84 valence electrons. The van der Waals surface area contributed by atoms with Crippen molar-refractivity contribution < 1.29 is 14.6 Å². The fraction of sp³-hybridized carbons (Fsp3) is 0.909. The van der Waals surface area contributed by atoms with Gasteiger partial charge < -0.3 is 9.84 Å². The third-order valence-electron chi connectivity index (χ3n) is 2.27. The van der Waals surface area contributed by atoms with Gasteiger partial charge >= 0.3 is 5.97 Å². The molecule has 0 amide bonds. The van der Waals surface area contributed by atoms with E-state index in [0.29, 0.717) is 13.0 Å². The molecule has 0 aliphatic rings. The maximum absolute atomic E-state index is 11.3. The van der Waals surface area contributed by atoms with E-state index < -0.39 is 6.10 Å². The number of aliphatic hydroxyl groups is 1. The predicted octanol–water partition coefficient (Wildman–Crippen LogP) is 1.98. The minimum Gasteiger partial charge on any atom is -0.466 e. The molecule has 0 spiro atoms. The third-order valence-corrected chi connectivity index (χ3v) is 2.27. The van der Waals surface area contributed by atoms with E-state index in [1.807, 2.05) is 20.8 Å². The van der Waals surface area contributed by atoms with Crippen molar-refractivity contribution in [3.8, 4) is 0 Å². The van der Waals surface area contributed by atoms with Gasteiger partial charge in [0.2, 0.25) is 0 Å². The number of hydrogen-bond donors (Lipinski definition) is 1. The summed E-state index contributed by atoms with van der Waals surface area (Å²) in [6, 6.07) is 0. The minimum atomic E-state index is -0.470. The van der Waals surface area contributed by atoms with E-state index >= 15 is 0 Å². The van der Waals surface area contributed by atoms with Gasteiger partial charge in [-0.1, -0.05) is 27.7 Å². The second-order valence-corrected chi connectivity index (χ2v) is 4.77. The lowest BCUT2D eigenvalue weighted by Gasteiger charge is -2.27. The Morgan fingerprint density at radius 2 is 1.93 bits per heavy atom. The van der Waals surface area contributed by atoms with Crippen molar-refractivity contribution in [2.45, 2.75) is 47.1 Å². The Morgan fingerprint density at radius 1 is 1.43 bits per heavy atom. The molecule has 3 heteroatoms. The van der Waals surface area contributed by atoms with Crippen LogP contribution < -0.4 is 0 Å². The molecule has 0 heterocycles. The molecule has 0 rings (SSSR count). The summed E-state index contributed by atoms with van der Waals surface area (Å²) < 4.78 is 4.87. The molecule has 1 N–H and O–H groups in total. The van der Waals surface area contributed by atoms with Gasteiger partial charge in [-0.05, 0) is 18.8 Å². The zero-order valence-electron chi connectivity index (χ0n) is 9.83. The summed E-state index contributed by atoms with van der Waals surface area (Å²) in [5, 5.41) is 9.77. The highest BCUT2D eigenvalue weighted by Gasteiger charge is 2.26. The molecule has 0 aromatic heterocycles. The molecule has 0 unspecified atom stereocenters. The highest BCUT2D eigenvalue weighted by Crippen LogP contribution is 2.24. The Hall–Kier alpha value is -0.570. The molecule has 0 aliphatic heterocycles. The van der Waals surface area contributed by atoms with E-state index in [-0.39, 0.29) is 17.3 Å². The van der Waals surface area contributed by atoms with Crippen LogP contribution in [0.2, 0.25) is 0 Å². The SMILES string of the molecule is CCOC(=O)[C@@H](C)C[C@@H](O)C(C)(C)C. The summed E-state index contributed by atoms with van der Waals surface area (Å²) >= 11 is 0. The number of esters is 1. The highest BCUT2D eigenvalue weighted by molar-refractivity contribution is 5.71. The minimum absolute atomic E-state index is 0.180. The van der Waals surface area contributed by atoms with Crippen molar-refractivity contribution in [1.82, 2.24) is 0 Å². The predicted molar refractivity (Wildman–Crippen MR) is 55.9 cm³/mol. The van der Waals surface area contributed by atoms with Crippen molar-refractivity contribution in [1.29, 1.82) is 0 Å². The standard InChI is InChI=1S/C11H22O3/c1-6-14-10(13)8(2)7-9(12)11(3,4)5/h8-9,12H,6-7H2,1-5H3/t8-,9+/m0/s1. The van der Waals surface area contributed by atoms with E-state index in [9.17, 15) is 9.90 Å². The summed E-state index contributed by atoms with van der Waals surface area (Å²) in [5.74, 6) is -0.458. The lowest BCUT2D eigenvalue weighted by Crippen LogP contribution is -2.30. The van der Waals surface area contributed by atoms with Crippen LogP contribution in [0.3, 0.4) is 0 Å². The highest BCUT2D eigenvalue weighted by atomic mass is 16.5. The fourth-order valence-electron chi connectivity index (χ4n) is 1.07.